The average Bonchev–Trinajstić information content (AvgIpc) is 2.61. The van der Waals surface area contributed by atoms with Crippen LogP contribution in [-0.4, -0.2) is 9.97 Å². The molecule has 0 bridgehead atoms. The molecule has 0 aliphatic heterocycles. The lowest BCUT2D eigenvalue weighted by Gasteiger charge is -2.27. The minimum absolute atomic E-state index is 0.0715. The van der Waals surface area contributed by atoms with Crippen molar-refractivity contribution in [3.05, 3.63) is 17.2 Å². The second kappa shape index (κ2) is 4.40. The predicted octanol–water partition coefficient (Wildman–Crippen LogP) is 4.69. The molecular formula is C16H30N2. The topological polar surface area (TPSA) is 28.7 Å². The van der Waals surface area contributed by atoms with E-state index in [0.717, 1.165) is 12.2 Å². The molecule has 1 aromatic rings. The molecule has 0 aromatic carbocycles. The van der Waals surface area contributed by atoms with Gasteiger partial charge in [-0.05, 0) is 6.42 Å². The molecule has 0 unspecified atom stereocenters. The molecule has 1 rings (SSSR count). The van der Waals surface area contributed by atoms with Crippen molar-refractivity contribution in [3.63, 3.8) is 0 Å². The summed E-state index contributed by atoms with van der Waals surface area (Å²) in [6.07, 6.45) is 1.11. The van der Waals surface area contributed by atoms with E-state index in [9.17, 15) is 0 Å². The fourth-order valence-corrected chi connectivity index (χ4v) is 1.94. The summed E-state index contributed by atoms with van der Waals surface area (Å²) >= 11 is 0. The Balaban J connectivity index is 3.45. The van der Waals surface area contributed by atoms with Gasteiger partial charge in [-0.3, -0.25) is 0 Å². The van der Waals surface area contributed by atoms with E-state index in [1.165, 1.54) is 11.4 Å². The number of H-pyrrole nitrogens is 1. The van der Waals surface area contributed by atoms with E-state index in [1.807, 2.05) is 0 Å². The maximum atomic E-state index is 4.91. The monoisotopic (exact) mass is 250 g/mol. The Morgan fingerprint density at radius 2 is 1.39 bits per heavy atom. The molecule has 104 valence electrons. The van der Waals surface area contributed by atoms with E-state index in [0.29, 0.717) is 0 Å². The maximum Gasteiger partial charge on any atom is 0.112 e. The molecule has 1 heterocycles. The van der Waals surface area contributed by atoms with Crippen molar-refractivity contribution in [1.82, 2.24) is 9.97 Å². The summed E-state index contributed by atoms with van der Waals surface area (Å²) in [5.74, 6) is 1.10. The highest BCUT2D eigenvalue weighted by atomic mass is 15.0. The first kappa shape index (κ1) is 15.3. The van der Waals surface area contributed by atoms with Crippen LogP contribution in [0, 0.1) is 0 Å². The van der Waals surface area contributed by atoms with E-state index in [1.54, 1.807) is 0 Å². The third-order valence-electron chi connectivity index (χ3n) is 3.69. The Hall–Kier alpha value is -0.790. The van der Waals surface area contributed by atoms with Gasteiger partial charge < -0.3 is 4.98 Å². The van der Waals surface area contributed by atoms with Crippen molar-refractivity contribution in [2.75, 3.05) is 0 Å². The Kier molecular flexibility index (Phi) is 3.73. The van der Waals surface area contributed by atoms with E-state index in [4.69, 9.17) is 4.98 Å². The first-order valence-electron chi connectivity index (χ1n) is 7.01. The summed E-state index contributed by atoms with van der Waals surface area (Å²) in [6.45, 7) is 20.2. The number of aromatic nitrogens is 2. The van der Waals surface area contributed by atoms with Crippen LogP contribution in [0.25, 0.3) is 0 Å². The van der Waals surface area contributed by atoms with Gasteiger partial charge in [0.25, 0.3) is 0 Å². The van der Waals surface area contributed by atoms with Crippen LogP contribution in [0.2, 0.25) is 0 Å². The second-order valence-corrected chi connectivity index (χ2v) is 8.05. The first-order valence-corrected chi connectivity index (χ1v) is 7.01. The van der Waals surface area contributed by atoms with Crippen molar-refractivity contribution < 1.29 is 0 Å². The number of hydrogen-bond acceptors (Lipinski definition) is 1. The zero-order valence-corrected chi connectivity index (χ0v) is 13.7. The van der Waals surface area contributed by atoms with Gasteiger partial charge in [0, 0.05) is 21.9 Å². The molecule has 0 aliphatic rings. The number of imidazole rings is 1. The van der Waals surface area contributed by atoms with Gasteiger partial charge in [-0.15, -0.1) is 0 Å². The Morgan fingerprint density at radius 1 is 0.889 bits per heavy atom. The summed E-state index contributed by atoms with van der Waals surface area (Å²) < 4.78 is 0. The molecule has 1 aromatic heterocycles. The Morgan fingerprint density at radius 3 is 1.72 bits per heavy atom. The van der Waals surface area contributed by atoms with Gasteiger partial charge in [0.05, 0.1) is 5.69 Å². The smallest absolute Gasteiger partial charge is 0.112 e. The van der Waals surface area contributed by atoms with Gasteiger partial charge in [0.15, 0.2) is 0 Å². The molecule has 0 fully saturated rings. The van der Waals surface area contributed by atoms with Crippen LogP contribution in [0.15, 0.2) is 0 Å². The van der Waals surface area contributed by atoms with Crippen molar-refractivity contribution in [2.45, 2.75) is 85.0 Å². The lowest BCUT2D eigenvalue weighted by Crippen LogP contribution is -2.23. The van der Waals surface area contributed by atoms with Crippen molar-refractivity contribution >= 4 is 0 Å². The lowest BCUT2D eigenvalue weighted by atomic mass is 9.79. The zero-order chi connectivity index (χ0) is 14.4. The van der Waals surface area contributed by atoms with Crippen LogP contribution >= 0.6 is 0 Å². The van der Waals surface area contributed by atoms with Crippen LogP contribution in [0.3, 0.4) is 0 Å². The second-order valence-electron chi connectivity index (χ2n) is 8.05. The molecule has 0 radical (unpaired) electrons. The third-order valence-corrected chi connectivity index (χ3v) is 3.69. The number of rotatable bonds is 2. The predicted molar refractivity (Wildman–Crippen MR) is 79.3 cm³/mol. The zero-order valence-electron chi connectivity index (χ0n) is 13.7. The molecular weight excluding hydrogens is 220 g/mol. The highest BCUT2D eigenvalue weighted by Gasteiger charge is 2.33. The van der Waals surface area contributed by atoms with Gasteiger partial charge >= 0.3 is 0 Å². The highest BCUT2D eigenvalue weighted by Crippen LogP contribution is 2.36. The number of aromatic amines is 1. The molecule has 1 N–H and O–H groups in total. The number of nitrogens with zero attached hydrogens (tertiary/aromatic N) is 1. The van der Waals surface area contributed by atoms with Gasteiger partial charge in [-0.1, -0.05) is 62.3 Å². The summed E-state index contributed by atoms with van der Waals surface area (Å²) in [4.78, 5) is 8.52. The molecule has 18 heavy (non-hydrogen) atoms. The molecule has 2 heteroatoms. The molecule has 2 nitrogen and oxygen atoms in total. The summed E-state index contributed by atoms with van der Waals surface area (Å²) in [5, 5.41) is 0. The maximum absolute atomic E-state index is 4.91. The van der Waals surface area contributed by atoms with E-state index >= 15 is 0 Å². The first-order chi connectivity index (χ1) is 7.89. The number of hydrogen-bond donors (Lipinski definition) is 1. The molecule has 0 atom stereocenters. The minimum atomic E-state index is 0.0715. The van der Waals surface area contributed by atoms with Crippen LogP contribution in [0.1, 0.15) is 85.9 Å². The normalized spacial score (nSPS) is 14.1. The molecule has 0 spiro atoms. The van der Waals surface area contributed by atoms with Crippen LogP contribution < -0.4 is 0 Å². The highest BCUT2D eigenvalue weighted by molar-refractivity contribution is 5.30. The van der Waals surface area contributed by atoms with E-state index in [2.05, 4.69) is 67.3 Å². The standard InChI is InChI=1S/C16H30N2/c1-10-16(8,9)12-11(14(2,3)4)17-13(18-12)15(5,6)7/h10H2,1-9H3,(H,17,18). The lowest BCUT2D eigenvalue weighted by molar-refractivity contribution is 0.464. The average molecular weight is 250 g/mol. The fourth-order valence-electron chi connectivity index (χ4n) is 1.94. The number of nitrogens with one attached hydrogen (secondary N) is 1. The molecule has 0 aliphatic carbocycles. The Labute approximate surface area is 113 Å². The Bertz CT molecular complexity index is 411. The van der Waals surface area contributed by atoms with Crippen molar-refractivity contribution in [2.24, 2.45) is 0 Å². The van der Waals surface area contributed by atoms with Crippen LogP contribution in [0.4, 0.5) is 0 Å². The van der Waals surface area contributed by atoms with Crippen LogP contribution in [0.5, 0.6) is 0 Å². The van der Waals surface area contributed by atoms with E-state index in [-0.39, 0.29) is 16.2 Å². The van der Waals surface area contributed by atoms with Gasteiger partial charge in [-0.2, -0.15) is 0 Å². The largest absolute Gasteiger partial charge is 0.345 e. The molecule has 0 amide bonds. The minimum Gasteiger partial charge on any atom is -0.345 e. The fraction of sp³-hybridized carbons (Fsp3) is 0.812. The van der Waals surface area contributed by atoms with Crippen LogP contribution in [-0.2, 0) is 16.2 Å². The molecule has 0 saturated carbocycles. The van der Waals surface area contributed by atoms with Crippen molar-refractivity contribution in [1.29, 1.82) is 0 Å². The summed E-state index contributed by atoms with van der Waals surface area (Å²) in [7, 11) is 0. The van der Waals surface area contributed by atoms with Gasteiger partial charge in [-0.25, -0.2) is 4.98 Å². The molecule has 0 saturated heterocycles. The SMILES string of the molecule is CCC(C)(C)c1[nH]c(C(C)(C)C)nc1C(C)(C)C. The van der Waals surface area contributed by atoms with Gasteiger partial charge in [0.1, 0.15) is 5.82 Å². The van der Waals surface area contributed by atoms with Gasteiger partial charge in [0.2, 0.25) is 0 Å². The quantitative estimate of drug-likeness (QED) is 0.810. The third kappa shape index (κ3) is 2.96. The summed E-state index contributed by atoms with van der Waals surface area (Å²) in [5.41, 5.74) is 2.84. The van der Waals surface area contributed by atoms with Crippen molar-refractivity contribution in [3.8, 4) is 0 Å². The van der Waals surface area contributed by atoms with E-state index < -0.39 is 0 Å². The summed E-state index contributed by atoms with van der Waals surface area (Å²) in [6, 6.07) is 0.